The number of halogens is 2. The van der Waals surface area contributed by atoms with E-state index >= 15 is 0 Å². The third kappa shape index (κ3) is 3.36. The first kappa shape index (κ1) is 11.7. The standard InChI is InChI=1S/C10H12F2N2O/c1-14(2)6-5-8(15)10-7(11)3-4-9(12)13-10/h3-4H,5-6H2,1-2H3. The van der Waals surface area contributed by atoms with E-state index in [-0.39, 0.29) is 6.42 Å². The van der Waals surface area contributed by atoms with E-state index in [1.807, 2.05) is 0 Å². The molecule has 0 unspecified atom stereocenters. The number of nitrogens with zero attached hydrogens (tertiary/aromatic N) is 2. The minimum Gasteiger partial charge on any atom is -0.309 e. The fraction of sp³-hybridized carbons (Fsp3) is 0.400. The van der Waals surface area contributed by atoms with Gasteiger partial charge in [-0.15, -0.1) is 0 Å². The lowest BCUT2D eigenvalue weighted by atomic mass is 10.2. The molecule has 15 heavy (non-hydrogen) atoms. The van der Waals surface area contributed by atoms with Crippen LogP contribution in [0.5, 0.6) is 0 Å². The number of hydrogen-bond acceptors (Lipinski definition) is 3. The quantitative estimate of drug-likeness (QED) is 0.562. The number of rotatable bonds is 4. The topological polar surface area (TPSA) is 33.2 Å². The second-order valence-corrected chi connectivity index (χ2v) is 3.44. The summed E-state index contributed by atoms with van der Waals surface area (Å²) in [5, 5.41) is 0. The van der Waals surface area contributed by atoms with Gasteiger partial charge in [0.1, 0.15) is 5.69 Å². The molecule has 0 saturated carbocycles. The maximum Gasteiger partial charge on any atom is 0.213 e. The molecule has 1 rings (SSSR count). The molecule has 0 N–H and O–H groups in total. The van der Waals surface area contributed by atoms with Gasteiger partial charge in [0.25, 0.3) is 0 Å². The Morgan fingerprint density at radius 1 is 1.40 bits per heavy atom. The molecule has 1 aromatic heterocycles. The number of ketones is 1. The Labute approximate surface area is 86.7 Å². The SMILES string of the molecule is CN(C)CCC(=O)c1nc(F)ccc1F. The number of carbonyl (C=O) groups is 1. The number of aromatic nitrogens is 1. The van der Waals surface area contributed by atoms with Crippen LogP contribution >= 0.6 is 0 Å². The third-order valence-electron chi connectivity index (χ3n) is 1.86. The van der Waals surface area contributed by atoms with E-state index in [0.717, 1.165) is 12.1 Å². The largest absolute Gasteiger partial charge is 0.309 e. The van der Waals surface area contributed by atoms with Gasteiger partial charge in [-0.25, -0.2) is 9.37 Å². The van der Waals surface area contributed by atoms with Gasteiger partial charge in [0, 0.05) is 13.0 Å². The van der Waals surface area contributed by atoms with Crippen LogP contribution in [0.25, 0.3) is 0 Å². The minimum absolute atomic E-state index is 0.125. The van der Waals surface area contributed by atoms with Crippen LogP contribution in [0.2, 0.25) is 0 Å². The van der Waals surface area contributed by atoms with Crippen molar-refractivity contribution < 1.29 is 13.6 Å². The van der Waals surface area contributed by atoms with Gasteiger partial charge in [-0.1, -0.05) is 0 Å². The van der Waals surface area contributed by atoms with Crippen LogP contribution in [0.4, 0.5) is 8.78 Å². The second kappa shape index (κ2) is 4.93. The molecule has 0 aromatic carbocycles. The molecular formula is C10H12F2N2O. The Morgan fingerprint density at radius 2 is 2.07 bits per heavy atom. The molecule has 0 saturated heterocycles. The molecule has 0 bridgehead atoms. The van der Waals surface area contributed by atoms with Crippen molar-refractivity contribution in [2.24, 2.45) is 0 Å². The zero-order valence-corrected chi connectivity index (χ0v) is 8.63. The molecule has 82 valence electrons. The highest BCUT2D eigenvalue weighted by Gasteiger charge is 2.14. The molecule has 0 aliphatic carbocycles. The Bertz CT molecular complexity index is 366. The Balaban J connectivity index is 2.77. The van der Waals surface area contributed by atoms with E-state index in [4.69, 9.17) is 0 Å². The Hall–Kier alpha value is -1.36. The molecule has 0 spiro atoms. The summed E-state index contributed by atoms with van der Waals surface area (Å²) in [6.45, 7) is 0.483. The summed E-state index contributed by atoms with van der Waals surface area (Å²) in [6.07, 6.45) is 0.125. The first-order chi connectivity index (χ1) is 7.00. The van der Waals surface area contributed by atoms with Gasteiger partial charge in [-0.3, -0.25) is 4.79 Å². The average Bonchev–Trinajstić information content (AvgIpc) is 2.18. The zero-order valence-electron chi connectivity index (χ0n) is 8.63. The van der Waals surface area contributed by atoms with E-state index in [0.29, 0.717) is 6.54 Å². The van der Waals surface area contributed by atoms with Crippen LogP contribution in [-0.4, -0.2) is 36.3 Å². The van der Waals surface area contributed by atoms with E-state index in [9.17, 15) is 13.6 Å². The summed E-state index contributed by atoms with van der Waals surface area (Å²) in [7, 11) is 3.59. The number of hydrogen-bond donors (Lipinski definition) is 0. The van der Waals surface area contributed by atoms with E-state index in [1.54, 1.807) is 19.0 Å². The molecule has 0 atom stereocenters. The normalized spacial score (nSPS) is 10.7. The summed E-state index contributed by atoms with van der Waals surface area (Å²) in [4.78, 5) is 16.5. The molecule has 3 nitrogen and oxygen atoms in total. The highest BCUT2D eigenvalue weighted by molar-refractivity contribution is 5.94. The zero-order chi connectivity index (χ0) is 11.4. The van der Waals surface area contributed by atoms with Gasteiger partial charge in [-0.05, 0) is 26.2 Å². The number of carbonyl (C=O) groups excluding carboxylic acids is 1. The van der Waals surface area contributed by atoms with Crippen molar-refractivity contribution in [3.8, 4) is 0 Å². The molecule has 0 aliphatic rings. The van der Waals surface area contributed by atoms with Gasteiger partial charge in [-0.2, -0.15) is 4.39 Å². The van der Waals surface area contributed by atoms with E-state index < -0.39 is 23.2 Å². The summed E-state index contributed by atoms with van der Waals surface area (Å²) in [5.41, 5.74) is -0.420. The number of Topliss-reactive ketones (excluding diaryl/α,β-unsaturated/α-hetero) is 1. The van der Waals surface area contributed by atoms with Crippen LogP contribution in [0.3, 0.4) is 0 Å². The minimum atomic E-state index is -0.843. The first-order valence-electron chi connectivity index (χ1n) is 4.50. The van der Waals surface area contributed by atoms with Gasteiger partial charge in [0.15, 0.2) is 11.6 Å². The highest BCUT2D eigenvalue weighted by atomic mass is 19.1. The summed E-state index contributed by atoms with van der Waals surface area (Å²) >= 11 is 0. The molecule has 5 heteroatoms. The molecule has 0 fully saturated rings. The van der Waals surface area contributed by atoms with Gasteiger partial charge >= 0.3 is 0 Å². The first-order valence-corrected chi connectivity index (χ1v) is 4.50. The van der Waals surface area contributed by atoms with Crippen molar-refractivity contribution in [3.05, 3.63) is 29.6 Å². The van der Waals surface area contributed by atoms with E-state index in [1.165, 1.54) is 0 Å². The smallest absolute Gasteiger partial charge is 0.213 e. The van der Waals surface area contributed by atoms with Crippen molar-refractivity contribution >= 4 is 5.78 Å². The lowest BCUT2D eigenvalue weighted by Crippen LogP contribution is -2.18. The molecular weight excluding hydrogens is 202 g/mol. The predicted octanol–water partition coefficient (Wildman–Crippen LogP) is 1.49. The number of pyridine rings is 1. The summed E-state index contributed by atoms with van der Waals surface area (Å²) < 4.78 is 25.7. The summed E-state index contributed by atoms with van der Waals surface area (Å²) in [6, 6.07) is 1.79. The lowest BCUT2D eigenvalue weighted by Gasteiger charge is -2.08. The van der Waals surface area contributed by atoms with Crippen LogP contribution in [0, 0.1) is 11.8 Å². The van der Waals surface area contributed by atoms with Crippen molar-refractivity contribution in [1.82, 2.24) is 9.88 Å². The average molecular weight is 214 g/mol. The van der Waals surface area contributed by atoms with Gasteiger partial charge in [0.2, 0.25) is 5.95 Å². The van der Waals surface area contributed by atoms with Crippen LogP contribution in [0.1, 0.15) is 16.9 Å². The van der Waals surface area contributed by atoms with Crippen molar-refractivity contribution in [1.29, 1.82) is 0 Å². The van der Waals surface area contributed by atoms with Crippen LogP contribution in [-0.2, 0) is 0 Å². The molecule has 1 heterocycles. The van der Waals surface area contributed by atoms with Crippen molar-refractivity contribution in [3.63, 3.8) is 0 Å². The van der Waals surface area contributed by atoms with Crippen LogP contribution < -0.4 is 0 Å². The van der Waals surface area contributed by atoms with Gasteiger partial charge < -0.3 is 4.90 Å². The maximum atomic E-state index is 13.1. The highest BCUT2D eigenvalue weighted by Crippen LogP contribution is 2.08. The fourth-order valence-corrected chi connectivity index (χ4v) is 1.06. The third-order valence-corrected chi connectivity index (χ3v) is 1.86. The maximum absolute atomic E-state index is 13.1. The Morgan fingerprint density at radius 3 is 2.67 bits per heavy atom. The van der Waals surface area contributed by atoms with Gasteiger partial charge in [0.05, 0.1) is 0 Å². The molecule has 0 radical (unpaired) electrons. The molecule has 0 amide bonds. The Kier molecular flexibility index (Phi) is 3.85. The van der Waals surface area contributed by atoms with Crippen molar-refractivity contribution in [2.45, 2.75) is 6.42 Å². The molecule has 0 aliphatic heterocycles. The van der Waals surface area contributed by atoms with Crippen molar-refractivity contribution in [2.75, 3.05) is 20.6 Å². The fourth-order valence-electron chi connectivity index (χ4n) is 1.06. The molecule has 1 aromatic rings. The van der Waals surface area contributed by atoms with E-state index in [2.05, 4.69) is 4.98 Å². The lowest BCUT2D eigenvalue weighted by molar-refractivity contribution is 0.0962. The summed E-state index contributed by atoms with van der Waals surface area (Å²) in [5.74, 6) is -2.11. The predicted molar refractivity (Wildman–Crippen MR) is 51.7 cm³/mol. The van der Waals surface area contributed by atoms with Crippen LogP contribution in [0.15, 0.2) is 12.1 Å². The monoisotopic (exact) mass is 214 g/mol. The second-order valence-electron chi connectivity index (χ2n) is 3.44.